The molecule has 0 aromatic heterocycles. The molecule has 0 fully saturated rings. The van der Waals surface area contributed by atoms with Crippen molar-refractivity contribution in [1.29, 1.82) is 0 Å². The van der Waals surface area contributed by atoms with Crippen LogP contribution in [0, 0.1) is 0 Å². The van der Waals surface area contributed by atoms with Crippen molar-refractivity contribution in [3.63, 3.8) is 0 Å². The number of rotatable bonds is 5. The minimum absolute atomic E-state index is 0.164. The first-order chi connectivity index (χ1) is 12.8. The fourth-order valence-electron chi connectivity index (χ4n) is 3.51. The van der Waals surface area contributed by atoms with Gasteiger partial charge >= 0.3 is 5.97 Å². The maximum Gasteiger partial charge on any atom is 0.316 e. The molecule has 0 aliphatic carbocycles. The number of benzene rings is 2. The van der Waals surface area contributed by atoms with Crippen LogP contribution in [0.3, 0.4) is 0 Å². The Morgan fingerprint density at radius 2 is 1.36 bits per heavy atom. The number of aromatic hydroxyl groups is 1. The molecule has 152 valence electrons. The molecule has 1 atom stereocenters. The molecule has 0 bridgehead atoms. The molecule has 2 aromatic rings. The number of carbonyl (C=O) groups is 1. The molecule has 2 rings (SSSR count). The Bertz CT molecular complexity index is 806. The molecule has 28 heavy (non-hydrogen) atoms. The van der Waals surface area contributed by atoms with E-state index in [0.29, 0.717) is 16.7 Å². The lowest BCUT2D eigenvalue weighted by molar-refractivity contribution is -0.145. The van der Waals surface area contributed by atoms with E-state index >= 15 is 0 Å². The lowest BCUT2D eigenvalue weighted by atomic mass is 9.71. The van der Waals surface area contributed by atoms with Crippen molar-refractivity contribution in [1.82, 2.24) is 0 Å². The predicted molar refractivity (Wildman–Crippen MR) is 112 cm³/mol. The molecule has 0 saturated carbocycles. The lowest BCUT2D eigenvalue weighted by Crippen LogP contribution is -2.42. The second kappa shape index (κ2) is 7.59. The number of carboxylic acids is 1. The monoisotopic (exact) mass is 384 g/mol. The Balaban J connectivity index is 2.81. The van der Waals surface area contributed by atoms with E-state index in [1.54, 1.807) is 12.1 Å². The zero-order valence-electron chi connectivity index (χ0n) is 17.7. The van der Waals surface area contributed by atoms with Crippen LogP contribution >= 0.6 is 0 Å². The first-order valence-corrected chi connectivity index (χ1v) is 9.59. The van der Waals surface area contributed by atoms with Crippen LogP contribution in [0.5, 0.6) is 5.75 Å². The zero-order valence-corrected chi connectivity index (χ0v) is 17.7. The van der Waals surface area contributed by atoms with Gasteiger partial charge in [0.25, 0.3) is 0 Å². The molecule has 0 aliphatic rings. The zero-order chi connectivity index (χ0) is 21.3. The van der Waals surface area contributed by atoms with E-state index in [1.807, 2.05) is 71.9 Å². The van der Waals surface area contributed by atoms with Crippen LogP contribution in [0.25, 0.3) is 0 Å². The molecular formula is C24H32O4. The van der Waals surface area contributed by atoms with Gasteiger partial charge in [-0.25, -0.2) is 0 Å². The molecule has 0 saturated heterocycles. The number of aliphatic hydroxyl groups is 1. The van der Waals surface area contributed by atoms with Gasteiger partial charge in [-0.05, 0) is 39.5 Å². The average Bonchev–Trinajstić information content (AvgIpc) is 2.58. The molecule has 0 heterocycles. The van der Waals surface area contributed by atoms with Crippen LogP contribution < -0.4 is 0 Å². The largest absolute Gasteiger partial charge is 0.507 e. The van der Waals surface area contributed by atoms with E-state index < -0.39 is 18.0 Å². The summed E-state index contributed by atoms with van der Waals surface area (Å²) < 4.78 is 0. The Morgan fingerprint density at radius 1 is 0.893 bits per heavy atom. The number of phenolic OH excluding ortho intramolecular Hbond substituents is 1. The maximum atomic E-state index is 12.4. The number of hydrogen-bond acceptors (Lipinski definition) is 3. The van der Waals surface area contributed by atoms with Crippen molar-refractivity contribution in [3.8, 4) is 5.75 Å². The number of aliphatic hydroxyl groups excluding tert-OH is 1. The van der Waals surface area contributed by atoms with E-state index in [0.717, 1.165) is 5.56 Å². The van der Waals surface area contributed by atoms with Gasteiger partial charge in [0.2, 0.25) is 0 Å². The summed E-state index contributed by atoms with van der Waals surface area (Å²) in [5, 5.41) is 31.4. The Morgan fingerprint density at radius 3 is 1.71 bits per heavy atom. The highest BCUT2D eigenvalue weighted by Gasteiger charge is 2.42. The van der Waals surface area contributed by atoms with Crippen LogP contribution in [0.2, 0.25) is 0 Å². The highest BCUT2D eigenvalue weighted by molar-refractivity contribution is 5.82. The molecule has 4 heteroatoms. The van der Waals surface area contributed by atoms with Crippen LogP contribution in [0.15, 0.2) is 42.5 Å². The van der Waals surface area contributed by atoms with Crippen molar-refractivity contribution in [3.05, 3.63) is 64.7 Å². The quantitative estimate of drug-likeness (QED) is 0.707. The van der Waals surface area contributed by atoms with Crippen molar-refractivity contribution < 1.29 is 20.1 Å². The summed E-state index contributed by atoms with van der Waals surface area (Å²) in [6.07, 6.45) is 0.164. The van der Waals surface area contributed by atoms with Gasteiger partial charge in [0.05, 0.1) is 6.61 Å². The normalized spacial score (nSPS) is 14.5. The van der Waals surface area contributed by atoms with Crippen LogP contribution in [-0.4, -0.2) is 27.9 Å². The number of hydrogen-bond donors (Lipinski definition) is 3. The Kier molecular flexibility index (Phi) is 5.95. The minimum Gasteiger partial charge on any atom is -0.507 e. The van der Waals surface area contributed by atoms with Crippen LogP contribution in [0.1, 0.15) is 63.8 Å². The summed E-state index contributed by atoms with van der Waals surface area (Å²) in [6, 6.07) is 12.8. The first kappa shape index (κ1) is 22.0. The van der Waals surface area contributed by atoms with E-state index in [4.69, 9.17) is 0 Å². The standard InChI is InChI=1S/C24H32O4/c1-22(2,3)18-12-17(13-19(20(18)26)23(4,5)6)24(15-25,21(27)28)14-16-10-8-7-9-11-16/h7-13,25-26H,14-15H2,1-6H3,(H,27,28). The molecule has 0 spiro atoms. The third-order valence-electron chi connectivity index (χ3n) is 5.31. The second-order valence-electron chi connectivity index (χ2n) is 9.63. The fraction of sp³-hybridized carbons (Fsp3) is 0.458. The molecule has 0 amide bonds. The summed E-state index contributed by atoms with van der Waals surface area (Å²) in [5.41, 5.74) is 0.457. The summed E-state index contributed by atoms with van der Waals surface area (Å²) in [6.45, 7) is 11.4. The van der Waals surface area contributed by atoms with Gasteiger partial charge in [-0.3, -0.25) is 4.79 Å². The SMILES string of the molecule is CC(C)(C)c1cc(C(CO)(Cc2ccccc2)C(=O)O)cc(C(C)(C)C)c1O. The molecular weight excluding hydrogens is 352 g/mol. The predicted octanol–water partition coefficient (Wildman–Crippen LogP) is 4.54. The summed E-state index contributed by atoms with van der Waals surface area (Å²) in [4.78, 5) is 12.4. The van der Waals surface area contributed by atoms with Gasteiger partial charge in [0.15, 0.2) is 0 Å². The average molecular weight is 385 g/mol. The third-order valence-corrected chi connectivity index (χ3v) is 5.31. The number of carboxylic acid groups (broad SMARTS) is 1. The van der Waals surface area contributed by atoms with Gasteiger partial charge in [0.1, 0.15) is 11.2 Å². The fourth-order valence-corrected chi connectivity index (χ4v) is 3.51. The van der Waals surface area contributed by atoms with Gasteiger partial charge in [-0.15, -0.1) is 0 Å². The van der Waals surface area contributed by atoms with E-state index in [2.05, 4.69) is 0 Å². The van der Waals surface area contributed by atoms with Gasteiger partial charge in [0, 0.05) is 0 Å². The molecule has 4 nitrogen and oxygen atoms in total. The lowest BCUT2D eigenvalue weighted by Gasteiger charge is -2.33. The second-order valence-corrected chi connectivity index (χ2v) is 9.63. The van der Waals surface area contributed by atoms with E-state index in [1.165, 1.54) is 0 Å². The molecule has 3 N–H and O–H groups in total. The smallest absolute Gasteiger partial charge is 0.316 e. The van der Waals surface area contributed by atoms with E-state index in [9.17, 15) is 20.1 Å². The third kappa shape index (κ3) is 4.22. The Hall–Kier alpha value is -2.33. The first-order valence-electron chi connectivity index (χ1n) is 9.59. The van der Waals surface area contributed by atoms with Crippen LogP contribution in [-0.2, 0) is 27.5 Å². The van der Waals surface area contributed by atoms with Crippen molar-refractivity contribution in [2.45, 2.75) is 64.2 Å². The molecule has 2 aromatic carbocycles. The highest BCUT2D eigenvalue weighted by atomic mass is 16.4. The van der Waals surface area contributed by atoms with Gasteiger partial charge in [-0.1, -0.05) is 84.0 Å². The summed E-state index contributed by atoms with van der Waals surface area (Å²) in [7, 11) is 0. The minimum atomic E-state index is -1.49. The van der Waals surface area contributed by atoms with Crippen molar-refractivity contribution >= 4 is 5.97 Å². The Labute approximate surface area is 167 Å². The molecule has 0 radical (unpaired) electrons. The summed E-state index contributed by atoms with van der Waals surface area (Å²) >= 11 is 0. The maximum absolute atomic E-state index is 12.4. The highest BCUT2D eigenvalue weighted by Crippen LogP contribution is 2.43. The van der Waals surface area contributed by atoms with Crippen molar-refractivity contribution in [2.75, 3.05) is 6.61 Å². The van der Waals surface area contributed by atoms with Gasteiger partial charge < -0.3 is 15.3 Å². The molecule has 0 aliphatic heterocycles. The van der Waals surface area contributed by atoms with Crippen molar-refractivity contribution in [2.24, 2.45) is 0 Å². The topological polar surface area (TPSA) is 77.8 Å². The van der Waals surface area contributed by atoms with Crippen LogP contribution in [0.4, 0.5) is 0 Å². The van der Waals surface area contributed by atoms with E-state index in [-0.39, 0.29) is 23.0 Å². The summed E-state index contributed by atoms with van der Waals surface area (Å²) in [5.74, 6) is -0.884. The number of phenols is 1. The van der Waals surface area contributed by atoms with Gasteiger partial charge in [-0.2, -0.15) is 0 Å². The molecule has 1 unspecified atom stereocenters. The number of aliphatic carboxylic acids is 1.